The normalized spacial score (nSPS) is 19.7. The number of rotatable bonds is 11. The lowest BCUT2D eigenvalue weighted by atomic mass is 9.79. The number of aromatic nitrogens is 1. The second-order valence-corrected chi connectivity index (χ2v) is 13.7. The zero-order valence-electron chi connectivity index (χ0n) is 23.6. The molecule has 10 heteroatoms. The number of aliphatic carboxylic acids is 1. The van der Waals surface area contributed by atoms with Crippen LogP contribution >= 0.6 is 0 Å². The minimum atomic E-state index is -3.73. The topological polar surface area (TPSA) is 130 Å². The van der Waals surface area contributed by atoms with Gasteiger partial charge in [-0.3, -0.25) is 13.9 Å². The molecule has 1 fully saturated rings. The standard InChI is InChI=1S/C29H39N3O6S/c1-7-29(4)14-11-19(12-15-29)23-22(25(33)30-5)21-17-20(18-9-10-18)24(31-26(21)38-23)32(39(6,36)37)16-8-13-28(2,3)27(34)35/h11-12,14,17-18H,7-10,13,15-16H2,1-6H3,(H,30,33)(H,34,35). The Morgan fingerprint density at radius 1 is 1.31 bits per heavy atom. The van der Waals surface area contributed by atoms with Crippen LogP contribution in [0.2, 0.25) is 0 Å². The summed E-state index contributed by atoms with van der Waals surface area (Å²) in [6, 6.07) is 1.86. The molecule has 0 radical (unpaired) electrons. The van der Waals surface area contributed by atoms with E-state index in [0.29, 0.717) is 29.6 Å². The second kappa shape index (κ2) is 10.4. The number of carbonyl (C=O) groups is 2. The Morgan fingerprint density at radius 2 is 2.00 bits per heavy atom. The highest BCUT2D eigenvalue weighted by Gasteiger charge is 2.35. The summed E-state index contributed by atoms with van der Waals surface area (Å²) in [4.78, 5) is 29.4. The lowest BCUT2D eigenvalue weighted by molar-refractivity contribution is -0.147. The zero-order valence-corrected chi connectivity index (χ0v) is 24.4. The van der Waals surface area contributed by atoms with Crippen molar-refractivity contribution in [1.29, 1.82) is 0 Å². The summed E-state index contributed by atoms with van der Waals surface area (Å²) < 4.78 is 33.4. The number of nitrogens with one attached hydrogen (secondary N) is 1. The van der Waals surface area contributed by atoms with Crippen molar-refractivity contribution in [3.63, 3.8) is 0 Å². The predicted octanol–water partition coefficient (Wildman–Crippen LogP) is 5.48. The molecule has 2 aliphatic rings. The van der Waals surface area contributed by atoms with Crippen LogP contribution in [0.1, 0.15) is 93.8 Å². The van der Waals surface area contributed by atoms with Crippen LogP contribution in [0, 0.1) is 10.8 Å². The molecule has 9 nitrogen and oxygen atoms in total. The molecule has 1 unspecified atom stereocenters. The van der Waals surface area contributed by atoms with Crippen LogP contribution in [-0.2, 0) is 14.8 Å². The van der Waals surface area contributed by atoms with Crippen molar-refractivity contribution in [3.05, 3.63) is 41.2 Å². The Labute approximate surface area is 230 Å². The van der Waals surface area contributed by atoms with Crippen LogP contribution in [0.25, 0.3) is 16.7 Å². The third-order valence-electron chi connectivity index (χ3n) is 8.06. The number of amides is 1. The van der Waals surface area contributed by atoms with Gasteiger partial charge in [0.2, 0.25) is 15.7 Å². The minimum Gasteiger partial charge on any atom is -0.481 e. The zero-order chi connectivity index (χ0) is 28.8. The summed E-state index contributed by atoms with van der Waals surface area (Å²) in [7, 11) is -2.17. The average molecular weight is 558 g/mol. The number of nitrogens with zero attached hydrogens (tertiary/aromatic N) is 2. The van der Waals surface area contributed by atoms with E-state index in [1.54, 1.807) is 20.9 Å². The molecule has 0 aliphatic heterocycles. The van der Waals surface area contributed by atoms with E-state index in [-0.39, 0.29) is 35.3 Å². The van der Waals surface area contributed by atoms with E-state index in [1.165, 1.54) is 4.31 Å². The average Bonchev–Trinajstić information content (AvgIpc) is 3.65. The van der Waals surface area contributed by atoms with Crippen molar-refractivity contribution < 1.29 is 27.5 Å². The van der Waals surface area contributed by atoms with Gasteiger partial charge in [0.15, 0.2) is 0 Å². The number of hydrogen-bond acceptors (Lipinski definition) is 6. The number of allylic oxidation sites excluding steroid dienone is 4. The summed E-state index contributed by atoms with van der Waals surface area (Å²) in [6.07, 6.45) is 11.5. The highest BCUT2D eigenvalue weighted by Crippen LogP contribution is 2.47. The van der Waals surface area contributed by atoms with Crippen molar-refractivity contribution >= 4 is 44.4 Å². The van der Waals surface area contributed by atoms with E-state index in [1.807, 2.05) is 12.1 Å². The monoisotopic (exact) mass is 557 g/mol. The van der Waals surface area contributed by atoms with E-state index in [4.69, 9.17) is 9.40 Å². The third-order valence-corrected chi connectivity index (χ3v) is 9.22. The summed E-state index contributed by atoms with van der Waals surface area (Å²) >= 11 is 0. The Balaban J connectivity index is 1.82. The molecule has 0 bridgehead atoms. The van der Waals surface area contributed by atoms with E-state index < -0.39 is 21.4 Å². The van der Waals surface area contributed by atoms with Gasteiger partial charge in [-0.15, -0.1) is 0 Å². The van der Waals surface area contributed by atoms with Crippen molar-refractivity contribution in [1.82, 2.24) is 10.3 Å². The maximum absolute atomic E-state index is 13.1. The van der Waals surface area contributed by atoms with Crippen molar-refractivity contribution in [2.24, 2.45) is 10.8 Å². The molecular formula is C29H39N3O6S. The Bertz CT molecular complexity index is 1470. The lowest BCUT2D eigenvalue weighted by Gasteiger charge is -2.26. The maximum Gasteiger partial charge on any atom is 0.309 e. The van der Waals surface area contributed by atoms with Crippen LogP contribution < -0.4 is 9.62 Å². The van der Waals surface area contributed by atoms with Crippen LogP contribution in [-0.4, -0.2) is 50.2 Å². The Kier molecular flexibility index (Phi) is 7.73. The first kappa shape index (κ1) is 28.9. The molecule has 2 aromatic heterocycles. The fourth-order valence-corrected chi connectivity index (χ4v) is 5.80. The number of pyridine rings is 1. The van der Waals surface area contributed by atoms with E-state index in [0.717, 1.165) is 43.1 Å². The summed E-state index contributed by atoms with van der Waals surface area (Å²) in [5.41, 5.74) is 1.20. The highest BCUT2D eigenvalue weighted by molar-refractivity contribution is 7.92. The van der Waals surface area contributed by atoms with Gasteiger partial charge in [0, 0.05) is 19.2 Å². The number of carbonyl (C=O) groups excluding carboxylic acids is 1. The van der Waals surface area contributed by atoms with Gasteiger partial charge in [0.1, 0.15) is 11.6 Å². The fraction of sp³-hybridized carbons (Fsp3) is 0.552. The van der Waals surface area contributed by atoms with E-state index >= 15 is 0 Å². The number of hydrogen-bond donors (Lipinski definition) is 2. The molecule has 0 spiro atoms. The summed E-state index contributed by atoms with van der Waals surface area (Å²) in [6.45, 7) is 7.67. The minimum absolute atomic E-state index is 0.0401. The number of carboxylic acid groups (broad SMARTS) is 1. The maximum atomic E-state index is 13.1. The Hall–Kier alpha value is -3.14. The molecule has 4 rings (SSSR count). The molecule has 212 valence electrons. The molecular weight excluding hydrogens is 518 g/mol. The van der Waals surface area contributed by atoms with Gasteiger partial charge < -0.3 is 14.8 Å². The van der Waals surface area contributed by atoms with Crippen LogP contribution in [0.15, 0.2) is 28.7 Å². The lowest BCUT2D eigenvalue weighted by Crippen LogP contribution is -2.34. The first-order chi connectivity index (χ1) is 18.2. The number of fused-ring (bicyclic) bond motifs is 1. The van der Waals surface area contributed by atoms with Gasteiger partial charge in [-0.1, -0.05) is 32.1 Å². The number of carboxylic acids is 1. The van der Waals surface area contributed by atoms with Gasteiger partial charge in [-0.2, -0.15) is 4.98 Å². The molecule has 1 amide bonds. The largest absolute Gasteiger partial charge is 0.481 e. The molecule has 0 saturated heterocycles. The third kappa shape index (κ3) is 5.90. The SMILES string of the molecule is CCC1(C)C=CC(c2oc3nc(N(CCCC(C)(C)C(=O)O)S(C)(=O)=O)c(C4CC4)cc3c2C(=O)NC)=CC1. The van der Waals surface area contributed by atoms with Crippen molar-refractivity contribution in [3.8, 4) is 0 Å². The quantitative estimate of drug-likeness (QED) is 0.374. The molecule has 39 heavy (non-hydrogen) atoms. The first-order valence-corrected chi connectivity index (χ1v) is 15.4. The smallest absolute Gasteiger partial charge is 0.309 e. The molecule has 2 aliphatic carbocycles. The van der Waals surface area contributed by atoms with Crippen molar-refractivity contribution in [2.75, 3.05) is 24.2 Å². The van der Waals surface area contributed by atoms with Gasteiger partial charge in [-0.25, -0.2) is 8.42 Å². The predicted molar refractivity (Wildman–Crippen MR) is 152 cm³/mol. The summed E-state index contributed by atoms with van der Waals surface area (Å²) in [5.74, 6) is -0.391. The van der Waals surface area contributed by atoms with Gasteiger partial charge in [-0.05, 0) is 75.3 Å². The molecule has 1 saturated carbocycles. The second-order valence-electron chi connectivity index (χ2n) is 11.7. The van der Waals surface area contributed by atoms with Gasteiger partial charge >= 0.3 is 5.97 Å². The Morgan fingerprint density at radius 3 is 2.51 bits per heavy atom. The first-order valence-electron chi connectivity index (χ1n) is 13.5. The van der Waals surface area contributed by atoms with Gasteiger partial charge in [0.25, 0.3) is 5.91 Å². The molecule has 2 aromatic rings. The number of sulfonamides is 1. The number of furan rings is 1. The van der Waals surface area contributed by atoms with Crippen LogP contribution in [0.4, 0.5) is 5.82 Å². The molecule has 2 heterocycles. The van der Waals surface area contributed by atoms with E-state index in [9.17, 15) is 23.1 Å². The molecule has 1 atom stereocenters. The van der Waals surface area contributed by atoms with E-state index in [2.05, 4.69) is 31.3 Å². The molecule has 2 N–H and O–H groups in total. The number of anilines is 1. The molecule has 0 aromatic carbocycles. The highest BCUT2D eigenvalue weighted by atomic mass is 32.2. The van der Waals surface area contributed by atoms with Gasteiger partial charge in [0.05, 0.1) is 22.6 Å². The van der Waals surface area contributed by atoms with Crippen molar-refractivity contribution in [2.45, 2.75) is 72.1 Å². The summed E-state index contributed by atoms with van der Waals surface area (Å²) in [5, 5.41) is 12.7. The van der Waals surface area contributed by atoms with Crippen LogP contribution in [0.5, 0.6) is 0 Å². The fourth-order valence-electron chi connectivity index (χ4n) is 4.88. The van der Waals surface area contributed by atoms with Crippen LogP contribution in [0.3, 0.4) is 0 Å².